The molecule has 6 heteroatoms. The Bertz CT molecular complexity index is 318. The lowest BCUT2D eigenvalue weighted by atomic mass is 10.0. The lowest BCUT2D eigenvalue weighted by molar-refractivity contribution is -0.164. The first-order chi connectivity index (χ1) is 7.89. The van der Waals surface area contributed by atoms with Crippen molar-refractivity contribution in [2.24, 2.45) is 5.92 Å². The van der Waals surface area contributed by atoms with Gasteiger partial charge in [-0.3, -0.25) is 4.79 Å². The first kappa shape index (κ1) is 13.8. The van der Waals surface area contributed by atoms with E-state index in [1.54, 1.807) is 13.0 Å². The van der Waals surface area contributed by atoms with Gasteiger partial charge in [0.05, 0.1) is 6.07 Å². The van der Waals surface area contributed by atoms with Crippen molar-refractivity contribution >= 4 is 5.91 Å². The number of halogens is 3. The molecule has 0 N–H and O–H groups in total. The second kappa shape index (κ2) is 5.39. The van der Waals surface area contributed by atoms with Gasteiger partial charge in [0.25, 0.3) is 0 Å². The molecule has 0 heterocycles. The third kappa shape index (κ3) is 4.25. The number of hydrogen-bond acceptors (Lipinski definition) is 2. The Balaban J connectivity index is 2.70. The molecule has 1 fully saturated rings. The molecule has 3 nitrogen and oxygen atoms in total. The second-order valence-electron chi connectivity index (χ2n) is 4.28. The minimum Gasteiger partial charge on any atom is -0.329 e. The summed E-state index contributed by atoms with van der Waals surface area (Å²) in [5.74, 6) is -1.61. The standard InChI is InChI=1S/C11H15F3N2O/c1-2-3-8(6-15)10(17)16(9-4-5-9)7-11(12,13)14/h8-9H,2-5,7H2,1H3. The van der Waals surface area contributed by atoms with E-state index in [-0.39, 0.29) is 6.04 Å². The summed E-state index contributed by atoms with van der Waals surface area (Å²) in [6, 6.07) is 1.47. The fourth-order valence-electron chi connectivity index (χ4n) is 1.70. The molecule has 0 radical (unpaired) electrons. The summed E-state index contributed by atoms with van der Waals surface area (Å²) in [4.78, 5) is 12.6. The van der Waals surface area contributed by atoms with E-state index in [0.29, 0.717) is 25.7 Å². The maximum Gasteiger partial charge on any atom is 0.406 e. The number of rotatable bonds is 5. The minimum absolute atomic E-state index is 0.316. The van der Waals surface area contributed by atoms with Gasteiger partial charge < -0.3 is 4.90 Å². The zero-order chi connectivity index (χ0) is 13.1. The van der Waals surface area contributed by atoms with E-state index in [4.69, 9.17) is 5.26 Å². The van der Waals surface area contributed by atoms with Gasteiger partial charge in [-0.05, 0) is 19.3 Å². The summed E-state index contributed by atoms with van der Waals surface area (Å²) in [7, 11) is 0. The molecule has 1 saturated carbocycles. The van der Waals surface area contributed by atoms with Gasteiger partial charge in [-0.2, -0.15) is 18.4 Å². The molecule has 0 aliphatic heterocycles. The van der Waals surface area contributed by atoms with Crippen LogP contribution >= 0.6 is 0 Å². The van der Waals surface area contributed by atoms with Crippen LogP contribution in [0.5, 0.6) is 0 Å². The monoisotopic (exact) mass is 248 g/mol. The molecule has 0 spiro atoms. The highest BCUT2D eigenvalue weighted by atomic mass is 19.4. The minimum atomic E-state index is -4.40. The van der Waals surface area contributed by atoms with Gasteiger partial charge in [-0.1, -0.05) is 13.3 Å². The maximum atomic E-state index is 12.3. The third-order valence-electron chi connectivity index (χ3n) is 2.65. The van der Waals surface area contributed by atoms with Gasteiger partial charge in [0, 0.05) is 6.04 Å². The molecule has 1 aliphatic rings. The molecule has 1 aliphatic carbocycles. The Kier molecular flexibility index (Phi) is 4.38. The first-order valence-electron chi connectivity index (χ1n) is 5.66. The quantitative estimate of drug-likeness (QED) is 0.750. The largest absolute Gasteiger partial charge is 0.406 e. The van der Waals surface area contributed by atoms with E-state index in [1.165, 1.54) is 0 Å². The van der Waals surface area contributed by atoms with Crippen LogP contribution in [0.25, 0.3) is 0 Å². The van der Waals surface area contributed by atoms with Gasteiger partial charge in [0.15, 0.2) is 0 Å². The summed E-state index contributed by atoms with van der Waals surface area (Å²) in [5, 5.41) is 8.80. The van der Waals surface area contributed by atoms with Gasteiger partial charge in [0.2, 0.25) is 5.91 Å². The summed E-state index contributed by atoms with van der Waals surface area (Å²) >= 11 is 0. The Hall–Kier alpha value is -1.25. The number of carbonyl (C=O) groups is 1. The Morgan fingerprint density at radius 2 is 2.12 bits per heavy atom. The molecule has 17 heavy (non-hydrogen) atoms. The van der Waals surface area contributed by atoms with Crippen LogP contribution in [0.1, 0.15) is 32.6 Å². The van der Waals surface area contributed by atoms with Gasteiger partial charge in [-0.25, -0.2) is 0 Å². The second-order valence-corrected chi connectivity index (χ2v) is 4.28. The van der Waals surface area contributed by atoms with Crippen LogP contribution in [-0.2, 0) is 4.79 Å². The summed E-state index contributed by atoms with van der Waals surface area (Å²) < 4.78 is 37.0. The van der Waals surface area contributed by atoms with E-state index in [0.717, 1.165) is 4.90 Å². The molecule has 96 valence electrons. The molecular formula is C11H15F3N2O. The van der Waals surface area contributed by atoms with Crippen molar-refractivity contribution < 1.29 is 18.0 Å². The average Bonchev–Trinajstić information content (AvgIpc) is 3.04. The van der Waals surface area contributed by atoms with Crippen LogP contribution in [0.3, 0.4) is 0 Å². The van der Waals surface area contributed by atoms with Crippen LogP contribution < -0.4 is 0 Å². The van der Waals surface area contributed by atoms with Crippen LogP contribution in [-0.4, -0.2) is 29.6 Å². The Morgan fingerprint density at radius 1 is 1.53 bits per heavy atom. The molecule has 0 saturated heterocycles. The molecule has 1 atom stereocenters. The zero-order valence-electron chi connectivity index (χ0n) is 9.63. The summed E-state index contributed by atoms with van der Waals surface area (Å²) in [5.41, 5.74) is 0. The predicted molar refractivity (Wildman–Crippen MR) is 54.8 cm³/mol. The molecular weight excluding hydrogens is 233 g/mol. The van der Waals surface area contributed by atoms with Crippen molar-refractivity contribution in [3.63, 3.8) is 0 Å². The summed E-state index contributed by atoms with van der Waals surface area (Å²) in [6.45, 7) is 0.557. The summed E-state index contributed by atoms with van der Waals surface area (Å²) in [6.07, 6.45) is -2.27. The SMILES string of the molecule is CCCC(C#N)C(=O)N(CC(F)(F)F)C1CC1. The van der Waals surface area contributed by atoms with Crippen molar-refractivity contribution in [3.05, 3.63) is 0 Å². The number of carbonyl (C=O) groups excluding carboxylic acids is 1. The maximum absolute atomic E-state index is 12.3. The van der Waals surface area contributed by atoms with Crippen LogP contribution in [0.4, 0.5) is 13.2 Å². The highest BCUT2D eigenvalue weighted by molar-refractivity contribution is 5.81. The van der Waals surface area contributed by atoms with Crippen LogP contribution in [0, 0.1) is 17.2 Å². The zero-order valence-corrected chi connectivity index (χ0v) is 9.63. The third-order valence-corrected chi connectivity index (χ3v) is 2.65. The van der Waals surface area contributed by atoms with Gasteiger partial charge >= 0.3 is 6.18 Å². The van der Waals surface area contributed by atoms with Crippen LogP contribution in [0.2, 0.25) is 0 Å². The molecule has 0 aromatic carbocycles. The van der Waals surface area contributed by atoms with Gasteiger partial charge in [-0.15, -0.1) is 0 Å². The van der Waals surface area contributed by atoms with Crippen molar-refractivity contribution in [1.82, 2.24) is 4.90 Å². The number of alkyl halides is 3. The molecule has 0 aromatic heterocycles. The van der Waals surface area contributed by atoms with E-state index >= 15 is 0 Å². The number of hydrogen-bond donors (Lipinski definition) is 0. The van der Waals surface area contributed by atoms with E-state index in [2.05, 4.69) is 0 Å². The lowest BCUT2D eigenvalue weighted by Gasteiger charge is -2.25. The Morgan fingerprint density at radius 3 is 2.47 bits per heavy atom. The van der Waals surface area contributed by atoms with Crippen molar-refractivity contribution in [2.75, 3.05) is 6.54 Å². The van der Waals surface area contributed by atoms with Gasteiger partial charge in [0.1, 0.15) is 12.5 Å². The van der Waals surface area contributed by atoms with Crippen molar-refractivity contribution in [3.8, 4) is 6.07 Å². The smallest absolute Gasteiger partial charge is 0.329 e. The Labute approximate surface area is 98.2 Å². The van der Waals surface area contributed by atoms with E-state index < -0.39 is 24.5 Å². The molecule has 1 amide bonds. The van der Waals surface area contributed by atoms with E-state index in [1.807, 2.05) is 0 Å². The normalized spacial score (nSPS) is 17.4. The first-order valence-corrected chi connectivity index (χ1v) is 5.66. The lowest BCUT2D eigenvalue weighted by Crippen LogP contribution is -2.43. The topological polar surface area (TPSA) is 44.1 Å². The van der Waals surface area contributed by atoms with Crippen molar-refractivity contribution in [1.29, 1.82) is 5.26 Å². The molecule has 0 bridgehead atoms. The fourth-order valence-corrected chi connectivity index (χ4v) is 1.70. The van der Waals surface area contributed by atoms with Crippen LogP contribution in [0.15, 0.2) is 0 Å². The van der Waals surface area contributed by atoms with Crippen molar-refractivity contribution in [2.45, 2.75) is 44.8 Å². The predicted octanol–water partition coefficient (Wildman–Crippen LogP) is 2.48. The molecule has 1 rings (SSSR count). The van der Waals surface area contributed by atoms with E-state index in [9.17, 15) is 18.0 Å². The number of nitrogens with zero attached hydrogens (tertiary/aromatic N) is 2. The number of amides is 1. The number of nitriles is 1. The molecule has 1 unspecified atom stereocenters. The highest BCUT2D eigenvalue weighted by Gasteiger charge is 2.42. The average molecular weight is 248 g/mol. The highest BCUT2D eigenvalue weighted by Crippen LogP contribution is 2.31. The molecule has 0 aromatic rings. The fraction of sp³-hybridized carbons (Fsp3) is 0.818.